The molecule has 10 atom stereocenters. The Labute approximate surface area is 248 Å². The molecule has 3 saturated carbocycles. The lowest BCUT2D eigenvalue weighted by Crippen LogP contribution is -2.56. The molecule has 0 spiro atoms. The smallest absolute Gasteiger partial charge is 0.338 e. The predicted octanol–water partition coefficient (Wildman–Crippen LogP) is 8.49. The number of benzene rings is 1. The minimum Gasteiger partial charge on any atom is -0.458 e. The van der Waals surface area contributed by atoms with E-state index in [1.165, 1.54) is 5.57 Å². The van der Waals surface area contributed by atoms with Crippen LogP contribution in [0.4, 0.5) is 0 Å². The Hall–Kier alpha value is -2.23. The Bertz CT molecular complexity index is 1180. The maximum absolute atomic E-state index is 14.0. The van der Waals surface area contributed by atoms with Gasteiger partial charge in [0.15, 0.2) is 5.78 Å². The molecule has 0 N–H and O–H groups in total. The van der Waals surface area contributed by atoms with Crippen molar-refractivity contribution in [2.24, 2.45) is 58.2 Å². The summed E-state index contributed by atoms with van der Waals surface area (Å²) in [6, 6.07) is 9.17. The number of fused-ring (bicyclic) bond motifs is 5. The first kappa shape index (κ1) is 30.2. The number of carbonyl (C=O) groups is 3. The summed E-state index contributed by atoms with van der Waals surface area (Å²) in [5.74, 6) is 2.49. The first-order valence-electron chi connectivity index (χ1n) is 16.5. The van der Waals surface area contributed by atoms with E-state index in [-0.39, 0.29) is 46.4 Å². The fourth-order valence-electron chi connectivity index (χ4n) is 10.2. The van der Waals surface area contributed by atoms with Crippen LogP contribution in [0.15, 0.2) is 42.0 Å². The summed E-state index contributed by atoms with van der Waals surface area (Å²) in [4.78, 5) is 40.4. The number of esters is 1. The van der Waals surface area contributed by atoms with Gasteiger partial charge in [0.25, 0.3) is 0 Å². The Kier molecular flexibility index (Phi) is 8.45. The summed E-state index contributed by atoms with van der Waals surface area (Å²) in [5.41, 5.74) is 1.91. The Balaban J connectivity index is 1.34. The monoisotopic (exact) mass is 560 g/mol. The van der Waals surface area contributed by atoms with Crippen molar-refractivity contribution in [2.75, 3.05) is 0 Å². The molecule has 0 heterocycles. The molecule has 224 valence electrons. The molecule has 0 aliphatic heterocycles. The minimum atomic E-state index is -0.293. The van der Waals surface area contributed by atoms with Crippen molar-refractivity contribution in [3.05, 3.63) is 47.5 Å². The standard InChI is InChI=1S/C37H52O4/c1-8-25(22(2)3)20-31(38)23(4)28-14-15-29-27-21-32(39)34-24(5)33(41-35(40)26-12-10-9-11-13-26)17-19-37(34,7)30(27)16-18-36(28,29)6/h9-13,21-25,28-30,33-34H,8,14-20H2,1-7H3. The molecule has 4 nitrogen and oxygen atoms in total. The highest BCUT2D eigenvalue weighted by atomic mass is 16.5. The second-order valence-electron chi connectivity index (χ2n) is 14.9. The average Bonchev–Trinajstić information content (AvgIpc) is 3.30. The zero-order valence-corrected chi connectivity index (χ0v) is 26.5. The highest BCUT2D eigenvalue weighted by Gasteiger charge is 2.61. The zero-order chi connectivity index (χ0) is 29.7. The van der Waals surface area contributed by atoms with Crippen LogP contribution in [0.5, 0.6) is 0 Å². The molecule has 1 aromatic carbocycles. The fraction of sp³-hybridized carbons (Fsp3) is 0.703. The molecule has 41 heavy (non-hydrogen) atoms. The topological polar surface area (TPSA) is 60.4 Å². The van der Waals surface area contributed by atoms with Crippen molar-refractivity contribution in [3.8, 4) is 0 Å². The third-order valence-electron chi connectivity index (χ3n) is 12.7. The third-order valence-corrected chi connectivity index (χ3v) is 12.7. The van der Waals surface area contributed by atoms with Gasteiger partial charge in [-0.3, -0.25) is 9.59 Å². The van der Waals surface area contributed by atoms with E-state index >= 15 is 0 Å². The number of ether oxygens (including phenoxy) is 1. The zero-order valence-electron chi connectivity index (χ0n) is 26.5. The first-order chi connectivity index (χ1) is 19.4. The number of ketones is 2. The van der Waals surface area contributed by atoms with E-state index in [2.05, 4.69) is 48.5 Å². The fourth-order valence-corrected chi connectivity index (χ4v) is 10.2. The molecule has 5 rings (SSSR count). The van der Waals surface area contributed by atoms with Crippen LogP contribution < -0.4 is 0 Å². The van der Waals surface area contributed by atoms with Crippen LogP contribution in [-0.2, 0) is 14.3 Å². The summed E-state index contributed by atoms with van der Waals surface area (Å²) in [7, 11) is 0. The summed E-state index contributed by atoms with van der Waals surface area (Å²) in [6.45, 7) is 15.8. The van der Waals surface area contributed by atoms with Gasteiger partial charge in [-0.15, -0.1) is 0 Å². The van der Waals surface area contributed by atoms with E-state index in [9.17, 15) is 14.4 Å². The van der Waals surface area contributed by atoms with Crippen molar-refractivity contribution >= 4 is 17.5 Å². The van der Waals surface area contributed by atoms with E-state index < -0.39 is 0 Å². The molecule has 4 heteroatoms. The van der Waals surface area contributed by atoms with Gasteiger partial charge < -0.3 is 4.74 Å². The third kappa shape index (κ3) is 5.16. The van der Waals surface area contributed by atoms with Crippen LogP contribution in [0.3, 0.4) is 0 Å². The number of allylic oxidation sites excluding steroid dienone is 2. The second-order valence-corrected chi connectivity index (χ2v) is 14.9. The number of carbonyl (C=O) groups excluding carboxylic acids is 3. The van der Waals surface area contributed by atoms with Crippen LogP contribution in [0.25, 0.3) is 0 Å². The van der Waals surface area contributed by atoms with E-state index in [1.54, 1.807) is 12.1 Å². The van der Waals surface area contributed by atoms with Crippen LogP contribution in [0.1, 0.15) is 110 Å². The largest absolute Gasteiger partial charge is 0.458 e. The van der Waals surface area contributed by atoms with Gasteiger partial charge in [-0.25, -0.2) is 4.79 Å². The van der Waals surface area contributed by atoms with E-state index in [0.717, 1.165) is 44.9 Å². The van der Waals surface area contributed by atoms with Crippen molar-refractivity contribution in [1.82, 2.24) is 0 Å². The molecule has 0 aromatic heterocycles. The summed E-state index contributed by atoms with van der Waals surface area (Å²) in [6.07, 6.45) is 9.62. The maximum atomic E-state index is 14.0. The Morgan fingerprint density at radius 1 is 0.951 bits per heavy atom. The summed E-state index contributed by atoms with van der Waals surface area (Å²) in [5, 5.41) is 0. The Morgan fingerprint density at radius 3 is 2.27 bits per heavy atom. The van der Waals surface area contributed by atoms with Crippen LogP contribution >= 0.6 is 0 Å². The molecule has 0 bridgehead atoms. The predicted molar refractivity (Wildman–Crippen MR) is 163 cm³/mol. The molecule has 3 fully saturated rings. The molecule has 4 aliphatic rings. The Morgan fingerprint density at radius 2 is 1.61 bits per heavy atom. The molecule has 4 aliphatic carbocycles. The number of hydrogen-bond acceptors (Lipinski definition) is 4. The number of Topliss-reactive ketones (excluding diaryl/α,β-unsaturated/α-hetero) is 1. The number of hydrogen-bond donors (Lipinski definition) is 0. The van der Waals surface area contributed by atoms with E-state index in [4.69, 9.17) is 4.74 Å². The van der Waals surface area contributed by atoms with Gasteiger partial charge in [0, 0.05) is 24.2 Å². The minimum absolute atomic E-state index is 0.0125. The van der Waals surface area contributed by atoms with Gasteiger partial charge in [0.1, 0.15) is 11.9 Å². The van der Waals surface area contributed by atoms with Crippen LogP contribution in [-0.4, -0.2) is 23.6 Å². The maximum Gasteiger partial charge on any atom is 0.338 e. The van der Waals surface area contributed by atoms with Crippen molar-refractivity contribution in [3.63, 3.8) is 0 Å². The molecular formula is C37H52O4. The normalized spacial score (nSPS) is 37.9. The number of rotatable bonds is 8. The highest BCUT2D eigenvalue weighted by Crippen LogP contribution is 2.67. The van der Waals surface area contributed by atoms with Gasteiger partial charge in [-0.2, -0.15) is 0 Å². The lowest BCUT2D eigenvalue weighted by molar-refractivity contribution is -0.141. The van der Waals surface area contributed by atoms with Crippen LogP contribution in [0, 0.1) is 58.2 Å². The molecule has 1 aromatic rings. The van der Waals surface area contributed by atoms with Gasteiger partial charge in [0.2, 0.25) is 0 Å². The highest BCUT2D eigenvalue weighted by molar-refractivity contribution is 5.95. The molecule has 0 saturated heterocycles. The summed E-state index contributed by atoms with van der Waals surface area (Å²) < 4.78 is 6.02. The first-order valence-corrected chi connectivity index (χ1v) is 16.5. The molecular weight excluding hydrogens is 508 g/mol. The van der Waals surface area contributed by atoms with Gasteiger partial charge in [-0.05, 0) is 97.2 Å². The van der Waals surface area contributed by atoms with Gasteiger partial charge >= 0.3 is 5.97 Å². The van der Waals surface area contributed by atoms with Gasteiger partial charge in [0.05, 0.1) is 5.56 Å². The lowest BCUT2D eigenvalue weighted by Gasteiger charge is -2.58. The molecule has 0 amide bonds. The lowest BCUT2D eigenvalue weighted by atomic mass is 9.46. The average molecular weight is 561 g/mol. The van der Waals surface area contributed by atoms with Crippen molar-refractivity contribution < 1.29 is 19.1 Å². The van der Waals surface area contributed by atoms with Crippen LogP contribution in [0.2, 0.25) is 0 Å². The second kappa shape index (κ2) is 11.5. The van der Waals surface area contributed by atoms with Gasteiger partial charge in [-0.1, -0.05) is 78.7 Å². The van der Waals surface area contributed by atoms with Crippen molar-refractivity contribution in [1.29, 1.82) is 0 Å². The quantitative estimate of drug-likeness (QED) is 0.299. The van der Waals surface area contributed by atoms with E-state index in [0.29, 0.717) is 47.4 Å². The molecule has 0 radical (unpaired) electrons. The molecule has 10 unspecified atom stereocenters. The van der Waals surface area contributed by atoms with E-state index in [1.807, 2.05) is 24.3 Å². The van der Waals surface area contributed by atoms with Crippen molar-refractivity contribution in [2.45, 2.75) is 106 Å². The summed E-state index contributed by atoms with van der Waals surface area (Å²) >= 11 is 0. The SMILES string of the molecule is CCC(CC(=O)C(C)C1CCC2C3=CC(=O)C4C(C)C(OC(=O)c5ccccc5)CCC4(C)C3CCC21C)C(C)C.